The van der Waals surface area contributed by atoms with Crippen molar-refractivity contribution in [1.82, 2.24) is 0 Å². The maximum Gasteiger partial charge on any atom is 0.192 e. The number of Topliss-reactive ketones (excluding diaryl/α,β-unsaturated/α-hetero) is 1. The minimum atomic E-state index is -1.76. The number of halogens is 1. The Morgan fingerprint density at radius 3 is 2.57 bits per heavy atom. The summed E-state index contributed by atoms with van der Waals surface area (Å²) in [4.78, 5) is 12.7. The van der Waals surface area contributed by atoms with Crippen LogP contribution in [0.4, 0.5) is 0 Å². The van der Waals surface area contributed by atoms with Crippen molar-refractivity contribution in [2.24, 2.45) is 29.1 Å². The molecule has 0 N–H and O–H groups in total. The van der Waals surface area contributed by atoms with Crippen LogP contribution in [-0.2, 0) is 9.22 Å². The van der Waals surface area contributed by atoms with Gasteiger partial charge in [-0.3, -0.25) is 4.79 Å². The lowest BCUT2D eigenvalue weighted by Gasteiger charge is -2.52. The first-order chi connectivity index (χ1) is 12.8. The second-order valence-corrected chi connectivity index (χ2v) is 17.0. The fraction of sp³-hybridized carbons (Fsp3) is 0.875. The van der Waals surface area contributed by atoms with E-state index in [0.29, 0.717) is 35.1 Å². The van der Waals surface area contributed by atoms with Crippen LogP contribution in [0.5, 0.6) is 0 Å². The molecule has 0 bridgehead atoms. The fourth-order valence-electron chi connectivity index (χ4n) is 6.08. The highest BCUT2D eigenvalue weighted by atomic mass is 35.5. The quantitative estimate of drug-likeness (QED) is 0.441. The van der Waals surface area contributed by atoms with E-state index in [0.717, 1.165) is 24.3 Å². The molecule has 3 saturated carbocycles. The number of fused-ring (bicyclic) bond motifs is 2. The molecule has 0 heterocycles. The Bertz CT molecular complexity index is 631. The Morgan fingerprint density at radius 1 is 1.29 bits per heavy atom. The number of carbonyl (C=O) groups is 1. The Balaban J connectivity index is 1.78. The molecule has 0 aromatic carbocycles. The number of rotatable bonds is 4. The average Bonchev–Trinajstić information content (AvgIpc) is 2.86. The number of carbonyl (C=O) groups excluding carboxylic acids is 1. The molecule has 0 spiro atoms. The van der Waals surface area contributed by atoms with E-state index in [1.807, 2.05) is 6.92 Å². The van der Waals surface area contributed by atoms with Crippen molar-refractivity contribution in [3.8, 4) is 0 Å². The molecule has 0 aromatic rings. The monoisotopic (exact) mass is 424 g/mol. The molecular weight excluding hydrogens is 384 g/mol. The van der Waals surface area contributed by atoms with Crippen LogP contribution in [0.3, 0.4) is 0 Å². The van der Waals surface area contributed by atoms with Crippen molar-refractivity contribution in [3.05, 3.63) is 11.1 Å². The van der Waals surface area contributed by atoms with E-state index in [4.69, 9.17) is 16.0 Å². The summed E-state index contributed by atoms with van der Waals surface area (Å²) in [5.74, 6) is 2.61. The number of hydrogen-bond donors (Lipinski definition) is 0. The molecule has 0 aliphatic heterocycles. The predicted molar refractivity (Wildman–Crippen MR) is 121 cm³/mol. The van der Waals surface area contributed by atoms with Gasteiger partial charge in [0.25, 0.3) is 0 Å². The molecule has 6 atom stereocenters. The smallest absolute Gasteiger partial charge is 0.192 e. The van der Waals surface area contributed by atoms with Crippen LogP contribution in [0.2, 0.25) is 18.1 Å². The van der Waals surface area contributed by atoms with Gasteiger partial charge in [-0.25, -0.2) is 0 Å². The van der Waals surface area contributed by atoms with Gasteiger partial charge in [-0.2, -0.15) is 0 Å². The molecule has 3 aliphatic carbocycles. The fourth-order valence-corrected chi connectivity index (χ4v) is 7.62. The van der Waals surface area contributed by atoms with Gasteiger partial charge in [0.05, 0.1) is 6.10 Å². The van der Waals surface area contributed by atoms with Gasteiger partial charge in [0.15, 0.2) is 8.32 Å². The molecule has 0 aromatic heterocycles. The summed E-state index contributed by atoms with van der Waals surface area (Å²) in [6.07, 6.45) is 10.1. The minimum Gasteiger partial charge on any atom is -0.413 e. The van der Waals surface area contributed by atoms with Crippen molar-refractivity contribution in [2.45, 2.75) is 104 Å². The van der Waals surface area contributed by atoms with E-state index in [1.54, 1.807) is 0 Å². The highest BCUT2D eigenvalue weighted by Crippen LogP contribution is 2.60. The van der Waals surface area contributed by atoms with E-state index in [1.165, 1.54) is 25.7 Å². The van der Waals surface area contributed by atoms with Gasteiger partial charge < -0.3 is 4.43 Å². The topological polar surface area (TPSA) is 26.3 Å². The van der Waals surface area contributed by atoms with Crippen LogP contribution in [-0.4, -0.2) is 20.2 Å². The van der Waals surface area contributed by atoms with Crippen LogP contribution in [0.15, 0.2) is 11.1 Å². The molecule has 0 saturated heterocycles. The summed E-state index contributed by atoms with van der Waals surface area (Å²) in [5, 5.41) is 1.08. The highest BCUT2D eigenvalue weighted by molar-refractivity contribution is 6.74. The van der Waals surface area contributed by atoms with Gasteiger partial charge in [0, 0.05) is 17.4 Å². The maximum atomic E-state index is 12.7. The molecule has 3 fully saturated rings. The molecule has 0 radical (unpaired) electrons. The molecule has 3 rings (SSSR count). The first-order valence-electron chi connectivity index (χ1n) is 11.4. The Kier molecular flexibility index (Phi) is 6.33. The maximum absolute atomic E-state index is 12.7. The predicted octanol–water partition coefficient (Wildman–Crippen LogP) is 7.33. The zero-order valence-electron chi connectivity index (χ0n) is 19.1. The van der Waals surface area contributed by atoms with Crippen molar-refractivity contribution >= 4 is 25.7 Å². The number of allylic oxidation sites excluding steroid dienone is 2. The van der Waals surface area contributed by atoms with E-state index in [9.17, 15) is 4.79 Å². The summed E-state index contributed by atoms with van der Waals surface area (Å²) in [7, 11) is -1.76. The largest absolute Gasteiger partial charge is 0.413 e. The molecule has 1 unspecified atom stereocenters. The van der Waals surface area contributed by atoms with Gasteiger partial charge in [-0.1, -0.05) is 45.4 Å². The van der Waals surface area contributed by atoms with Crippen LogP contribution in [0.1, 0.15) is 79.6 Å². The Morgan fingerprint density at radius 2 is 1.96 bits per heavy atom. The van der Waals surface area contributed by atoms with E-state index >= 15 is 0 Å². The molecule has 2 nitrogen and oxygen atoms in total. The second-order valence-electron chi connectivity index (χ2n) is 11.6. The van der Waals surface area contributed by atoms with Crippen LogP contribution >= 0.6 is 11.6 Å². The first kappa shape index (κ1) is 22.6. The SMILES string of the molecule is C/C(Cl)=C\CC1C(=O)CC[C@@H]2C[C@@]3(C)[C@@H](CC[C@@H]3O[Si](C)(C)C(C)(C)C)C[C@@H]12. The molecule has 0 amide bonds. The molecule has 3 aliphatic rings. The van der Waals surface area contributed by atoms with Crippen molar-refractivity contribution in [2.75, 3.05) is 0 Å². The lowest BCUT2D eigenvalue weighted by molar-refractivity contribution is -0.133. The van der Waals surface area contributed by atoms with Crippen LogP contribution in [0.25, 0.3) is 0 Å². The van der Waals surface area contributed by atoms with Crippen LogP contribution in [0, 0.1) is 29.1 Å². The van der Waals surface area contributed by atoms with Gasteiger partial charge >= 0.3 is 0 Å². The van der Waals surface area contributed by atoms with Gasteiger partial charge in [0.2, 0.25) is 0 Å². The summed E-state index contributed by atoms with van der Waals surface area (Å²) < 4.78 is 6.99. The normalized spacial score (nSPS) is 39.6. The second kappa shape index (κ2) is 7.85. The molecule has 4 heteroatoms. The van der Waals surface area contributed by atoms with E-state index in [2.05, 4.69) is 46.9 Å². The third-order valence-corrected chi connectivity index (χ3v) is 13.5. The lowest BCUT2D eigenvalue weighted by Crippen LogP contribution is -2.51. The zero-order valence-corrected chi connectivity index (χ0v) is 20.9. The van der Waals surface area contributed by atoms with E-state index in [-0.39, 0.29) is 11.0 Å². The third-order valence-electron chi connectivity index (χ3n) is 8.90. The number of ketones is 1. The van der Waals surface area contributed by atoms with Crippen LogP contribution < -0.4 is 0 Å². The molecule has 160 valence electrons. The van der Waals surface area contributed by atoms with E-state index < -0.39 is 8.32 Å². The summed E-state index contributed by atoms with van der Waals surface area (Å²) in [5.41, 5.74) is 0.292. The molecule has 28 heavy (non-hydrogen) atoms. The van der Waals surface area contributed by atoms with Gasteiger partial charge in [-0.15, -0.1) is 0 Å². The summed E-state index contributed by atoms with van der Waals surface area (Å²) in [6, 6.07) is 0. The molecular formula is C24H41ClO2Si. The van der Waals surface area contributed by atoms with Crippen molar-refractivity contribution in [3.63, 3.8) is 0 Å². The highest BCUT2D eigenvalue weighted by Gasteiger charge is 2.57. The Labute approximate surface area is 179 Å². The van der Waals surface area contributed by atoms with Crippen molar-refractivity contribution < 1.29 is 9.22 Å². The lowest BCUT2D eigenvalue weighted by atomic mass is 9.54. The van der Waals surface area contributed by atoms with Crippen molar-refractivity contribution in [1.29, 1.82) is 0 Å². The zero-order chi connectivity index (χ0) is 20.9. The summed E-state index contributed by atoms with van der Waals surface area (Å²) in [6.45, 7) is 16.2. The Hall–Kier alpha value is -0.123. The van der Waals surface area contributed by atoms with Gasteiger partial charge in [0.1, 0.15) is 5.78 Å². The standard InChI is InChI=1S/C24H41ClO2Si/c1-16(25)8-11-19-20-14-18-10-13-22(27-28(6,7)23(2,3)4)24(18,5)15-17(20)9-12-21(19)26/h8,17-20,22H,9-15H2,1-7H3/b16-8+/t17-,18+,19?,20-,22+,24+/m1/s1. The number of hydrogen-bond acceptors (Lipinski definition) is 2. The third kappa shape index (κ3) is 4.18. The first-order valence-corrected chi connectivity index (χ1v) is 14.7. The van der Waals surface area contributed by atoms with Gasteiger partial charge in [-0.05, 0) is 86.7 Å². The minimum absolute atomic E-state index is 0.192. The summed E-state index contributed by atoms with van der Waals surface area (Å²) >= 11 is 6.09. The average molecular weight is 425 g/mol.